The maximum atomic E-state index is 14.0. The standard InChI is InChI=1S/C29H33N3O5/c1-19-14-20(2)32(30-19)23-13-9-12-22(16-23)25(17-26(33)37-29(3,4)5)27(34)31-24(18-36-28(31)35)15-21-10-7-6-8-11-21/h6-14,16,24-25H,15,17-18H2,1-5H3/t24-,25+/m0/s1. The molecular formula is C29H33N3O5. The fraction of sp³-hybridized carbons (Fsp3) is 0.379. The van der Waals surface area contributed by atoms with Crippen molar-refractivity contribution in [2.24, 2.45) is 0 Å². The fourth-order valence-electron chi connectivity index (χ4n) is 4.60. The maximum Gasteiger partial charge on any atom is 0.417 e. The van der Waals surface area contributed by atoms with E-state index < -0.39 is 35.5 Å². The molecule has 2 aromatic carbocycles. The van der Waals surface area contributed by atoms with Crippen molar-refractivity contribution in [1.82, 2.24) is 14.7 Å². The van der Waals surface area contributed by atoms with Gasteiger partial charge in [-0.3, -0.25) is 9.59 Å². The molecule has 0 radical (unpaired) electrons. The van der Waals surface area contributed by atoms with Crippen molar-refractivity contribution >= 4 is 18.0 Å². The van der Waals surface area contributed by atoms with E-state index in [1.165, 1.54) is 0 Å². The van der Waals surface area contributed by atoms with Crippen molar-refractivity contribution in [2.45, 2.75) is 65.0 Å². The van der Waals surface area contributed by atoms with Crippen molar-refractivity contribution in [2.75, 3.05) is 6.61 Å². The van der Waals surface area contributed by atoms with Crippen molar-refractivity contribution in [1.29, 1.82) is 0 Å². The number of carbonyl (C=O) groups is 3. The predicted molar refractivity (Wildman–Crippen MR) is 138 cm³/mol. The lowest BCUT2D eigenvalue weighted by atomic mass is 9.92. The zero-order valence-corrected chi connectivity index (χ0v) is 21.9. The second-order valence-electron chi connectivity index (χ2n) is 10.4. The summed E-state index contributed by atoms with van der Waals surface area (Å²) < 4.78 is 12.6. The van der Waals surface area contributed by atoms with Gasteiger partial charge in [-0.25, -0.2) is 14.4 Å². The second-order valence-corrected chi connectivity index (χ2v) is 10.4. The molecule has 1 aromatic heterocycles. The van der Waals surface area contributed by atoms with Crippen LogP contribution in [0.4, 0.5) is 4.79 Å². The summed E-state index contributed by atoms with van der Waals surface area (Å²) in [5, 5.41) is 4.54. The van der Waals surface area contributed by atoms with E-state index in [1.807, 2.05) is 68.4 Å². The Morgan fingerprint density at radius 3 is 2.46 bits per heavy atom. The van der Waals surface area contributed by atoms with Crippen LogP contribution in [-0.2, 0) is 25.5 Å². The summed E-state index contributed by atoms with van der Waals surface area (Å²) in [6.45, 7) is 9.29. The number of aryl methyl sites for hydroxylation is 2. The molecule has 8 heteroatoms. The molecule has 0 aliphatic carbocycles. The van der Waals surface area contributed by atoms with Crippen LogP contribution >= 0.6 is 0 Å². The van der Waals surface area contributed by atoms with Gasteiger partial charge in [0.1, 0.15) is 12.2 Å². The van der Waals surface area contributed by atoms with Gasteiger partial charge in [-0.1, -0.05) is 42.5 Å². The molecule has 2 heterocycles. The topological polar surface area (TPSA) is 90.7 Å². The van der Waals surface area contributed by atoms with Gasteiger partial charge >= 0.3 is 12.1 Å². The van der Waals surface area contributed by atoms with E-state index in [-0.39, 0.29) is 13.0 Å². The number of amides is 2. The van der Waals surface area contributed by atoms with Crippen LogP contribution in [0.1, 0.15) is 55.6 Å². The summed E-state index contributed by atoms with van der Waals surface area (Å²) in [7, 11) is 0. The largest absolute Gasteiger partial charge is 0.460 e. The molecule has 0 N–H and O–H groups in total. The van der Waals surface area contributed by atoms with Crippen LogP contribution in [0.3, 0.4) is 0 Å². The van der Waals surface area contributed by atoms with Crippen molar-refractivity contribution in [3.8, 4) is 5.69 Å². The summed E-state index contributed by atoms with van der Waals surface area (Å²) in [5.41, 5.74) is 3.44. The van der Waals surface area contributed by atoms with Gasteiger partial charge in [-0.15, -0.1) is 0 Å². The highest BCUT2D eigenvalue weighted by molar-refractivity contribution is 5.99. The number of hydrogen-bond donors (Lipinski definition) is 0. The minimum absolute atomic E-state index is 0.102. The van der Waals surface area contributed by atoms with E-state index in [0.29, 0.717) is 12.0 Å². The van der Waals surface area contributed by atoms with Gasteiger partial charge in [0.05, 0.1) is 29.8 Å². The van der Waals surface area contributed by atoms with E-state index in [9.17, 15) is 14.4 Å². The summed E-state index contributed by atoms with van der Waals surface area (Å²) in [6, 6.07) is 18.4. The first-order valence-corrected chi connectivity index (χ1v) is 12.4. The smallest absolute Gasteiger partial charge is 0.417 e. The highest BCUT2D eigenvalue weighted by Crippen LogP contribution is 2.30. The Balaban J connectivity index is 1.69. The fourth-order valence-corrected chi connectivity index (χ4v) is 4.60. The first kappa shape index (κ1) is 26.1. The van der Waals surface area contributed by atoms with Gasteiger partial charge in [0, 0.05) is 5.69 Å². The Morgan fingerprint density at radius 2 is 1.81 bits per heavy atom. The molecule has 0 bridgehead atoms. The lowest BCUT2D eigenvalue weighted by Crippen LogP contribution is -2.43. The minimum Gasteiger partial charge on any atom is -0.460 e. The van der Waals surface area contributed by atoms with Gasteiger partial charge in [0.15, 0.2) is 0 Å². The quantitative estimate of drug-likeness (QED) is 0.426. The first-order chi connectivity index (χ1) is 17.5. The number of rotatable bonds is 7. The molecule has 37 heavy (non-hydrogen) atoms. The maximum absolute atomic E-state index is 14.0. The van der Waals surface area contributed by atoms with Gasteiger partial charge in [0.2, 0.25) is 5.91 Å². The molecule has 1 fully saturated rings. The van der Waals surface area contributed by atoms with Crippen molar-refractivity contribution in [3.05, 3.63) is 83.2 Å². The minimum atomic E-state index is -0.935. The van der Waals surface area contributed by atoms with E-state index in [0.717, 1.165) is 27.5 Å². The number of nitrogens with zero attached hydrogens (tertiary/aromatic N) is 3. The van der Waals surface area contributed by atoms with Crippen LogP contribution in [0.25, 0.3) is 5.69 Å². The molecule has 0 saturated carbocycles. The third-order valence-electron chi connectivity index (χ3n) is 6.13. The van der Waals surface area contributed by atoms with Gasteiger partial charge in [-0.05, 0) is 70.4 Å². The van der Waals surface area contributed by atoms with Crippen LogP contribution in [0.5, 0.6) is 0 Å². The Hall–Kier alpha value is -3.94. The van der Waals surface area contributed by atoms with Gasteiger partial charge < -0.3 is 9.47 Å². The Morgan fingerprint density at radius 1 is 1.08 bits per heavy atom. The molecule has 194 valence electrons. The molecular weight excluding hydrogens is 470 g/mol. The lowest BCUT2D eigenvalue weighted by Gasteiger charge is -2.26. The molecule has 4 rings (SSSR count). The number of cyclic esters (lactones) is 1. The number of hydrogen-bond acceptors (Lipinski definition) is 6. The van der Waals surface area contributed by atoms with Crippen LogP contribution in [-0.4, -0.2) is 50.9 Å². The monoisotopic (exact) mass is 503 g/mol. The normalized spacial score (nSPS) is 16.4. The number of aromatic nitrogens is 2. The Kier molecular flexibility index (Phi) is 7.47. The third-order valence-corrected chi connectivity index (χ3v) is 6.13. The average Bonchev–Trinajstić information content (AvgIpc) is 3.37. The zero-order valence-electron chi connectivity index (χ0n) is 21.9. The molecule has 0 spiro atoms. The third kappa shape index (κ3) is 6.25. The van der Waals surface area contributed by atoms with Gasteiger partial charge in [-0.2, -0.15) is 5.10 Å². The van der Waals surface area contributed by atoms with Crippen LogP contribution in [0.2, 0.25) is 0 Å². The number of carbonyl (C=O) groups excluding carboxylic acids is 3. The van der Waals surface area contributed by atoms with E-state index in [2.05, 4.69) is 5.10 Å². The molecule has 2 atom stereocenters. The van der Waals surface area contributed by atoms with E-state index in [4.69, 9.17) is 9.47 Å². The number of benzene rings is 2. The van der Waals surface area contributed by atoms with Crippen molar-refractivity contribution in [3.63, 3.8) is 0 Å². The van der Waals surface area contributed by atoms with Crippen molar-refractivity contribution < 1.29 is 23.9 Å². The highest BCUT2D eigenvalue weighted by atomic mass is 16.6. The Bertz CT molecular complexity index is 1290. The Labute approximate surface area is 217 Å². The van der Waals surface area contributed by atoms with E-state index in [1.54, 1.807) is 31.5 Å². The molecule has 1 aliphatic heterocycles. The summed E-state index contributed by atoms with van der Waals surface area (Å²) in [4.78, 5) is 40.8. The summed E-state index contributed by atoms with van der Waals surface area (Å²) in [6.07, 6.45) is -0.447. The molecule has 3 aromatic rings. The molecule has 8 nitrogen and oxygen atoms in total. The molecule has 1 aliphatic rings. The number of esters is 1. The molecule has 1 saturated heterocycles. The lowest BCUT2D eigenvalue weighted by molar-refractivity contribution is -0.157. The first-order valence-electron chi connectivity index (χ1n) is 12.4. The van der Waals surface area contributed by atoms with Crippen LogP contribution < -0.4 is 0 Å². The second kappa shape index (κ2) is 10.6. The van der Waals surface area contributed by atoms with Gasteiger partial charge in [0.25, 0.3) is 0 Å². The number of imide groups is 1. The zero-order chi connectivity index (χ0) is 26.7. The predicted octanol–water partition coefficient (Wildman–Crippen LogP) is 4.89. The molecule has 0 unspecified atom stereocenters. The van der Waals surface area contributed by atoms with Crippen LogP contribution in [0, 0.1) is 13.8 Å². The SMILES string of the molecule is Cc1cc(C)n(-c2cccc([C@@H](CC(=O)OC(C)(C)C)C(=O)N3C(=O)OC[C@@H]3Cc3ccccc3)c2)n1. The summed E-state index contributed by atoms with van der Waals surface area (Å²) in [5.74, 6) is -1.94. The van der Waals surface area contributed by atoms with E-state index >= 15 is 0 Å². The molecule has 2 amide bonds. The number of ether oxygens (including phenoxy) is 2. The summed E-state index contributed by atoms with van der Waals surface area (Å²) >= 11 is 0. The average molecular weight is 504 g/mol. The highest BCUT2D eigenvalue weighted by Gasteiger charge is 2.42. The van der Waals surface area contributed by atoms with Crippen LogP contribution in [0.15, 0.2) is 60.7 Å².